The van der Waals surface area contributed by atoms with Gasteiger partial charge in [-0.2, -0.15) is 0 Å². The zero-order valence-electron chi connectivity index (χ0n) is 9.09. The summed E-state index contributed by atoms with van der Waals surface area (Å²) in [5.74, 6) is -0.392. The lowest BCUT2D eigenvalue weighted by atomic mass is 10.2. The Hall–Kier alpha value is -2.30. The number of carboxylic acids is 1. The van der Waals surface area contributed by atoms with Crippen LogP contribution in [-0.4, -0.2) is 16.1 Å². The SMILES string of the molecule is Nc1cccc(-c2nc(CCC(=O)O)co2)c1. The minimum atomic E-state index is -0.849. The van der Waals surface area contributed by atoms with Gasteiger partial charge in [0.25, 0.3) is 0 Å². The Morgan fingerprint density at radius 1 is 1.47 bits per heavy atom. The molecule has 5 heteroatoms. The molecule has 0 aliphatic heterocycles. The lowest BCUT2D eigenvalue weighted by Gasteiger charge is -1.96. The molecule has 0 bridgehead atoms. The molecule has 1 aromatic carbocycles. The number of hydrogen-bond donors (Lipinski definition) is 2. The van der Waals surface area contributed by atoms with E-state index in [1.54, 1.807) is 12.1 Å². The van der Waals surface area contributed by atoms with E-state index >= 15 is 0 Å². The molecular weight excluding hydrogens is 220 g/mol. The van der Waals surface area contributed by atoms with Crippen LogP contribution in [0.15, 0.2) is 34.9 Å². The van der Waals surface area contributed by atoms with Crippen LogP contribution in [0.25, 0.3) is 11.5 Å². The van der Waals surface area contributed by atoms with Gasteiger partial charge in [-0.1, -0.05) is 6.07 Å². The number of aromatic nitrogens is 1. The molecular formula is C12H12N2O3. The van der Waals surface area contributed by atoms with Crippen molar-refractivity contribution >= 4 is 11.7 Å². The molecule has 0 saturated heterocycles. The summed E-state index contributed by atoms with van der Waals surface area (Å²) in [5, 5.41) is 8.56. The molecule has 0 fully saturated rings. The van der Waals surface area contributed by atoms with E-state index in [9.17, 15) is 4.79 Å². The van der Waals surface area contributed by atoms with E-state index in [0.29, 0.717) is 23.7 Å². The molecule has 2 aromatic rings. The number of carbonyl (C=O) groups is 1. The molecule has 2 rings (SSSR count). The van der Waals surface area contributed by atoms with E-state index in [2.05, 4.69) is 4.98 Å². The number of carboxylic acid groups (broad SMARTS) is 1. The summed E-state index contributed by atoms with van der Waals surface area (Å²) in [5.41, 5.74) is 7.70. The number of nitrogens with zero attached hydrogens (tertiary/aromatic N) is 1. The minimum Gasteiger partial charge on any atom is -0.481 e. The van der Waals surface area contributed by atoms with Gasteiger partial charge >= 0.3 is 5.97 Å². The normalized spacial score (nSPS) is 10.4. The maximum absolute atomic E-state index is 10.4. The molecule has 0 radical (unpaired) electrons. The van der Waals surface area contributed by atoms with Crippen LogP contribution in [0, 0.1) is 0 Å². The van der Waals surface area contributed by atoms with Gasteiger partial charge in [0.1, 0.15) is 6.26 Å². The maximum atomic E-state index is 10.4. The van der Waals surface area contributed by atoms with Crippen molar-refractivity contribution in [2.24, 2.45) is 0 Å². The smallest absolute Gasteiger partial charge is 0.303 e. The summed E-state index contributed by atoms with van der Waals surface area (Å²) >= 11 is 0. The van der Waals surface area contributed by atoms with Gasteiger partial charge in [0.15, 0.2) is 0 Å². The van der Waals surface area contributed by atoms with Crippen LogP contribution in [0.4, 0.5) is 5.69 Å². The molecule has 0 spiro atoms. The second-order valence-corrected chi connectivity index (χ2v) is 3.66. The van der Waals surface area contributed by atoms with Crippen molar-refractivity contribution in [3.05, 3.63) is 36.2 Å². The van der Waals surface area contributed by atoms with Crippen molar-refractivity contribution < 1.29 is 14.3 Å². The number of nitrogen functional groups attached to an aromatic ring is 1. The first-order valence-corrected chi connectivity index (χ1v) is 5.17. The first-order valence-electron chi connectivity index (χ1n) is 5.17. The van der Waals surface area contributed by atoms with Crippen molar-refractivity contribution in [2.75, 3.05) is 5.73 Å². The van der Waals surface area contributed by atoms with Gasteiger partial charge in [-0.05, 0) is 18.2 Å². The summed E-state index contributed by atoms with van der Waals surface area (Å²) in [6, 6.07) is 7.18. The Morgan fingerprint density at radius 3 is 3.00 bits per heavy atom. The first-order chi connectivity index (χ1) is 8.15. The molecule has 0 atom stereocenters. The van der Waals surface area contributed by atoms with Gasteiger partial charge in [-0.3, -0.25) is 4.79 Å². The van der Waals surface area contributed by atoms with E-state index in [1.165, 1.54) is 6.26 Å². The molecule has 88 valence electrons. The Balaban J connectivity index is 2.15. The van der Waals surface area contributed by atoms with Crippen LogP contribution in [0.3, 0.4) is 0 Å². The third kappa shape index (κ3) is 2.84. The number of nitrogens with two attached hydrogens (primary N) is 1. The third-order valence-electron chi connectivity index (χ3n) is 2.28. The zero-order valence-corrected chi connectivity index (χ0v) is 9.09. The lowest BCUT2D eigenvalue weighted by molar-refractivity contribution is -0.136. The fraction of sp³-hybridized carbons (Fsp3) is 0.167. The van der Waals surface area contributed by atoms with E-state index < -0.39 is 5.97 Å². The molecule has 1 heterocycles. The highest BCUT2D eigenvalue weighted by Gasteiger charge is 2.08. The highest BCUT2D eigenvalue weighted by atomic mass is 16.4. The van der Waals surface area contributed by atoms with Gasteiger partial charge in [-0.15, -0.1) is 0 Å². The number of rotatable bonds is 4. The van der Waals surface area contributed by atoms with Crippen LogP contribution < -0.4 is 5.73 Å². The molecule has 0 aliphatic rings. The quantitative estimate of drug-likeness (QED) is 0.786. The predicted octanol–water partition coefficient (Wildman–Crippen LogP) is 1.94. The van der Waals surface area contributed by atoms with Gasteiger partial charge in [0.2, 0.25) is 5.89 Å². The van der Waals surface area contributed by atoms with Gasteiger partial charge in [0, 0.05) is 17.7 Å². The number of benzene rings is 1. The lowest BCUT2D eigenvalue weighted by Crippen LogP contribution is -1.97. The highest BCUT2D eigenvalue weighted by molar-refractivity contribution is 5.67. The van der Waals surface area contributed by atoms with Gasteiger partial charge in [0.05, 0.1) is 12.1 Å². The van der Waals surface area contributed by atoms with Crippen LogP contribution in [0.2, 0.25) is 0 Å². The van der Waals surface area contributed by atoms with Gasteiger partial charge in [-0.25, -0.2) is 4.98 Å². The Morgan fingerprint density at radius 2 is 2.29 bits per heavy atom. The fourth-order valence-corrected chi connectivity index (χ4v) is 1.46. The summed E-state index contributed by atoms with van der Waals surface area (Å²) in [4.78, 5) is 14.6. The average molecular weight is 232 g/mol. The average Bonchev–Trinajstić information content (AvgIpc) is 2.75. The second-order valence-electron chi connectivity index (χ2n) is 3.66. The van der Waals surface area contributed by atoms with Crippen molar-refractivity contribution in [2.45, 2.75) is 12.8 Å². The minimum absolute atomic E-state index is 0.0445. The van der Waals surface area contributed by atoms with Crippen molar-refractivity contribution in [3.63, 3.8) is 0 Å². The predicted molar refractivity (Wildman–Crippen MR) is 62.3 cm³/mol. The van der Waals surface area contributed by atoms with Crippen molar-refractivity contribution in [1.82, 2.24) is 4.98 Å². The molecule has 3 N–H and O–H groups in total. The Kier molecular flexibility index (Phi) is 3.09. The number of aryl methyl sites for hydroxylation is 1. The monoisotopic (exact) mass is 232 g/mol. The zero-order chi connectivity index (χ0) is 12.3. The molecule has 0 unspecified atom stereocenters. The molecule has 0 aliphatic carbocycles. The van der Waals surface area contributed by atoms with E-state index in [4.69, 9.17) is 15.3 Å². The highest BCUT2D eigenvalue weighted by Crippen LogP contribution is 2.21. The number of oxazole rings is 1. The van der Waals surface area contributed by atoms with Crippen LogP contribution in [-0.2, 0) is 11.2 Å². The summed E-state index contributed by atoms with van der Waals surface area (Å²) in [7, 11) is 0. The number of aliphatic carboxylic acids is 1. The summed E-state index contributed by atoms with van der Waals surface area (Å²) in [6.07, 6.45) is 1.88. The van der Waals surface area contributed by atoms with E-state index in [0.717, 1.165) is 5.56 Å². The third-order valence-corrected chi connectivity index (χ3v) is 2.28. The number of hydrogen-bond acceptors (Lipinski definition) is 4. The molecule has 0 saturated carbocycles. The van der Waals surface area contributed by atoms with Crippen LogP contribution in [0.5, 0.6) is 0 Å². The summed E-state index contributed by atoms with van der Waals surface area (Å²) < 4.78 is 5.28. The fourth-order valence-electron chi connectivity index (χ4n) is 1.46. The second kappa shape index (κ2) is 4.69. The van der Waals surface area contributed by atoms with Crippen molar-refractivity contribution in [3.8, 4) is 11.5 Å². The molecule has 1 aromatic heterocycles. The first kappa shape index (κ1) is 11.2. The molecule has 0 amide bonds. The molecule has 17 heavy (non-hydrogen) atoms. The Labute approximate surface area is 97.9 Å². The van der Waals surface area contributed by atoms with Crippen LogP contribution >= 0.6 is 0 Å². The van der Waals surface area contributed by atoms with Crippen LogP contribution in [0.1, 0.15) is 12.1 Å². The largest absolute Gasteiger partial charge is 0.481 e. The Bertz CT molecular complexity index is 534. The molecule has 5 nitrogen and oxygen atoms in total. The van der Waals surface area contributed by atoms with E-state index in [-0.39, 0.29) is 6.42 Å². The topological polar surface area (TPSA) is 89.3 Å². The standard InChI is InChI=1S/C12H12N2O3/c13-9-3-1-2-8(6-9)12-14-10(7-17-12)4-5-11(15)16/h1-3,6-7H,4-5,13H2,(H,15,16). The summed E-state index contributed by atoms with van der Waals surface area (Å²) in [6.45, 7) is 0. The van der Waals surface area contributed by atoms with Gasteiger partial charge < -0.3 is 15.3 Å². The van der Waals surface area contributed by atoms with Crippen molar-refractivity contribution in [1.29, 1.82) is 0 Å². The van der Waals surface area contributed by atoms with E-state index in [1.807, 2.05) is 12.1 Å². The number of anilines is 1. The maximum Gasteiger partial charge on any atom is 0.303 e.